The van der Waals surface area contributed by atoms with E-state index in [1.807, 2.05) is 11.8 Å². The second-order valence-electron chi connectivity index (χ2n) is 6.33. The third kappa shape index (κ3) is 2.10. The van der Waals surface area contributed by atoms with E-state index in [2.05, 4.69) is 17.2 Å². The monoisotopic (exact) mass is 354 g/mol. The molecule has 2 nitrogen and oxygen atoms in total. The first kappa shape index (κ1) is 14.7. The zero-order valence-electron chi connectivity index (χ0n) is 12.2. The lowest BCUT2D eigenvalue weighted by Gasteiger charge is -2.45. The fraction of sp³-hybridized carbons (Fsp3) is 0.688. The van der Waals surface area contributed by atoms with Crippen LogP contribution in [0.3, 0.4) is 0 Å². The summed E-state index contributed by atoms with van der Waals surface area (Å²) in [6.07, 6.45) is 12.0. The molecule has 110 valence electrons. The maximum absolute atomic E-state index is 5.27. The topological polar surface area (TPSA) is 15.6 Å². The lowest BCUT2D eigenvalue weighted by Crippen LogP contribution is -2.43. The molecular formula is C16H23BrN2S. The van der Waals surface area contributed by atoms with Crippen LogP contribution in [0.1, 0.15) is 64.7 Å². The molecule has 4 heteroatoms. The fourth-order valence-electron chi connectivity index (χ4n) is 4.24. The van der Waals surface area contributed by atoms with Crippen molar-refractivity contribution in [3.05, 3.63) is 22.4 Å². The van der Waals surface area contributed by atoms with Crippen molar-refractivity contribution in [1.82, 2.24) is 4.90 Å². The van der Waals surface area contributed by atoms with Gasteiger partial charge in [-0.25, -0.2) is 0 Å². The standard InChI is InChI=1S/C16H22N2S.BrH/c1-12-11-19-15-17-16(9-5-2-6-10-16)13-7-3-4-8-14(13)18(12)15;/h11H,2-10H2,1H3;1H. The van der Waals surface area contributed by atoms with E-state index in [1.54, 1.807) is 11.3 Å². The zero-order valence-corrected chi connectivity index (χ0v) is 14.7. The number of allylic oxidation sites excluding steroid dienone is 2. The smallest absolute Gasteiger partial charge is 0.173 e. The Bertz CT molecular complexity index is 501. The first-order chi connectivity index (χ1) is 9.30. The van der Waals surface area contributed by atoms with Crippen molar-refractivity contribution in [2.24, 2.45) is 4.99 Å². The molecule has 1 spiro atoms. The van der Waals surface area contributed by atoms with Crippen molar-refractivity contribution >= 4 is 33.9 Å². The second kappa shape index (κ2) is 5.53. The number of halogens is 1. The van der Waals surface area contributed by atoms with Gasteiger partial charge in [-0.1, -0.05) is 31.0 Å². The summed E-state index contributed by atoms with van der Waals surface area (Å²) in [5, 5.41) is 3.54. The van der Waals surface area contributed by atoms with Crippen molar-refractivity contribution in [1.29, 1.82) is 0 Å². The summed E-state index contributed by atoms with van der Waals surface area (Å²) in [6, 6.07) is 0. The normalized spacial score (nSPS) is 27.6. The number of rotatable bonds is 0. The molecule has 2 aliphatic heterocycles. The third-order valence-electron chi connectivity index (χ3n) is 5.14. The predicted octanol–water partition coefficient (Wildman–Crippen LogP) is 5.38. The molecule has 4 rings (SSSR count). The molecule has 4 aliphatic rings. The van der Waals surface area contributed by atoms with Gasteiger partial charge in [0.15, 0.2) is 5.17 Å². The highest BCUT2D eigenvalue weighted by molar-refractivity contribution is 8.93. The first-order valence-electron chi connectivity index (χ1n) is 7.76. The Labute approximate surface area is 136 Å². The zero-order chi connectivity index (χ0) is 12.9. The Balaban J connectivity index is 0.00000121. The second-order valence-corrected chi connectivity index (χ2v) is 7.17. The number of thioether (sulfide) groups is 1. The average Bonchev–Trinajstić information content (AvgIpc) is 2.81. The number of amidine groups is 1. The molecule has 0 amide bonds. The summed E-state index contributed by atoms with van der Waals surface area (Å²) in [4.78, 5) is 7.72. The van der Waals surface area contributed by atoms with Gasteiger partial charge in [0.2, 0.25) is 0 Å². The molecule has 0 unspecified atom stereocenters. The Hall–Kier alpha value is -0.220. The van der Waals surface area contributed by atoms with Gasteiger partial charge in [-0.2, -0.15) is 0 Å². The highest BCUT2D eigenvalue weighted by Gasteiger charge is 2.44. The number of nitrogens with zero attached hydrogens (tertiary/aromatic N) is 2. The van der Waals surface area contributed by atoms with Gasteiger partial charge in [-0.05, 0) is 56.4 Å². The molecule has 0 atom stereocenters. The van der Waals surface area contributed by atoms with Gasteiger partial charge in [0.1, 0.15) is 0 Å². The number of aliphatic imine (C=N–C) groups is 1. The Morgan fingerprint density at radius 1 is 1.10 bits per heavy atom. The summed E-state index contributed by atoms with van der Waals surface area (Å²) in [5.41, 5.74) is 4.91. The molecule has 2 heterocycles. The van der Waals surface area contributed by atoms with Crippen molar-refractivity contribution in [2.45, 2.75) is 70.3 Å². The molecule has 0 aromatic rings. The minimum atomic E-state index is 0. The third-order valence-corrected chi connectivity index (χ3v) is 6.08. The summed E-state index contributed by atoms with van der Waals surface area (Å²) in [5.74, 6) is 0. The molecule has 0 aromatic carbocycles. The van der Waals surface area contributed by atoms with Crippen LogP contribution in [0.4, 0.5) is 0 Å². The lowest BCUT2D eigenvalue weighted by atomic mass is 9.71. The van der Waals surface area contributed by atoms with Gasteiger partial charge in [0.25, 0.3) is 0 Å². The highest BCUT2D eigenvalue weighted by Crippen LogP contribution is 2.50. The Kier molecular flexibility index (Phi) is 4.06. The molecule has 0 aromatic heterocycles. The molecular weight excluding hydrogens is 332 g/mol. The van der Waals surface area contributed by atoms with Crippen LogP contribution in [0.25, 0.3) is 0 Å². The minimum absolute atomic E-state index is 0. The number of fused-ring (bicyclic) bond motifs is 3. The van der Waals surface area contributed by atoms with E-state index >= 15 is 0 Å². The van der Waals surface area contributed by atoms with E-state index in [1.165, 1.54) is 68.7 Å². The van der Waals surface area contributed by atoms with Crippen LogP contribution >= 0.6 is 28.7 Å². The van der Waals surface area contributed by atoms with Crippen molar-refractivity contribution in [3.63, 3.8) is 0 Å². The van der Waals surface area contributed by atoms with Crippen LogP contribution < -0.4 is 0 Å². The Morgan fingerprint density at radius 3 is 2.65 bits per heavy atom. The van der Waals surface area contributed by atoms with E-state index in [0.29, 0.717) is 0 Å². The molecule has 0 N–H and O–H groups in total. The molecule has 1 fully saturated rings. The molecule has 0 saturated heterocycles. The number of hydrogen-bond donors (Lipinski definition) is 0. The van der Waals surface area contributed by atoms with Crippen LogP contribution in [-0.4, -0.2) is 15.6 Å². The molecule has 1 saturated carbocycles. The van der Waals surface area contributed by atoms with Gasteiger partial charge < -0.3 is 0 Å². The number of hydrogen-bond acceptors (Lipinski definition) is 3. The maximum Gasteiger partial charge on any atom is 0.173 e. The summed E-state index contributed by atoms with van der Waals surface area (Å²) in [7, 11) is 0. The van der Waals surface area contributed by atoms with E-state index in [4.69, 9.17) is 4.99 Å². The van der Waals surface area contributed by atoms with Gasteiger partial charge in [0.05, 0.1) is 5.54 Å². The van der Waals surface area contributed by atoms with Gasteiger partial charge in [0, 0.05) is 11.4 Å². The van der Waals surface area contributed by atoms with Crippen molar-refractivity contribution in [3.8, 4) is 0 Å². The fourth-order valence-corrected chi connectivity index (χ4v) is 5.21. The van der Waals surface area contributed by atoms with Gasteiger partial charge in [-0.3, -0.25) is 9.89 Å². The maximum atomic E-state index is 5.27. The Morgan fingerprint density at radius 2 is 1.85 bits per heavy atom. The largest absolute Gasteiger partial charge is 0.297 e. The van der Waals surface area contributed by atoms with Gasteiger partial charge >= 0.3 is 0 Å². The quantitative estimate of drug-likeness (QED) is 0.580. The van der Waals surface area contributed by atoms with Crippen LogP contribution in [0, 0.1) is 0 Å². The highest BCUT2D eigenvalue weighted by atomic mass is 79.9. The molecule has 0 bridgehead atoms. The first-order valence-corrected chi connectivity index (χ1v) is 8.64. The molecule has 20 heavy (non-hydrogen) atoms. The van der Waals surface area contributed by atoms with E-state index in [9.17, 15) is 0 Å². The van der Waals surface area contributed by atoms with Crippen LogP contribution in [-0.2, 0) is 0 Å². The lowest BCUT2D eigenvalue weighted by molar-refractivity contribution is 0.307. The van der Waals surface area contributed by atoms with Crippen molar-refractivity contribution in [2.75, 3.05) is 0 Å². The SMILES string of the molecule is Br.CC1=CSC2=NC3(CCCCC3)C3=C(CCCC3)N12. The van der Waals surface area contributed by atoms with E-state index in [0.717, 1.165) is 0 Å². The molecule has 0 radical (unpaired) electrons. The summed E-state index contributed by atoms with van der Waals surface area (Å²) < 4.78 is 0. The summed E-state index contributed by atoms with van der Waals surface area (Å²) >= 11 is 1.84. The van der Waals surface area contributed by atoms with Crippen LogP contribution in [0.15, 0.2) is 27.4 Å². The van der Waals surface area contributed by atoms with Crippen molar-refractivity contribution < 1.29 is 0 Å². The van der Waals surface area contributed by atoms with E-state index < -0.39 is 0 Å². The van der Waals surface area contributed by atoms with E-state index in [-0.39, 0.29) is 22.5 Å². The molecule has 2 aliphatic carbocycles. The average molecular weight is 355 g/mol. The van der Waals surface area contributed by atoms with Crippen LogP contribution in [0.5, 0.6) is 0 Å². The minimum Gasteiger partial charge on any atom is -0.297 e. The predicted molar refractivity (Wildman–Crippen MR) is 92.3 cm³/mol. The summed E-state index contributed by atoms with van der Waals surface area (Å²) in [6.45, 7) is 2.23. The van der Waals surface area contributed by atoms with Crippen LogP contribution in [0.2, 0.25) is 0 Å². The van der Waals surface area contributed by atoms with Gasteiger partial charge in [-0.15, -0.1) is 17.0 Å².